The van der Waals surface area contributed by atoms with Crippen molar-refractivity contribution in [2.45, 2.75) is 39.3 Å². The van der Waals surface area contributed by atoms with Gasteiger partial charge in [-0.1, -0.05) is 0 Å². The number of nitrogens with one attached hydrogen (secondary N) is 2. The van der Waals surface area contributed by atoms with Crippen LogP contribution < -0.4 is 16.2 Å². The van der Waals surface area contributed by atoms with Crippen LogP contribution in [0.5, 0.6) is 0 Å². The third kappa shape index (κ3) is 7.06. The molecule has 0 aliphatic heterocycles. The molecule has 0 spiro atoms. The molecule has 0 aliphatic rings. The number of carbonyl (C=O) groups is 1. The molecular weight excluding hydrogens is 270 g/mol. The summed E-state index contributed by atoms with van der Waals surface area (Å²) in [4.78, 5) is 23.5. The van der Waals surface area contributed by atoms with E-state index in [1.54, 1.807) is 19.4 Å². The number of amides is 1. The molecule has 0 aliphatic carbocycles. The summed E-state index contributed by atoms with van der Waals surface area (Å²) in [6.45, 7) is 7.68. The van der Waals surface area contributed by atoms with Gasteiger partial charge < -0.3 is 19.9 Å². The lowest BCUT2D eigenvalue weighted by molar-refractivity contribution is -0.116. The first kappa shape index (κ1) is 17.4. The molecule has 0 saturated heterocycles. The van der Waals surface area contributed by atoms with Gasteiger partial charge in [0.05, 0.1) is 12.3 Å². The van der Waals surface area contributed by atoms with E-state index in [1.165, 1.54) is 10.6 Å². The Morgan fingerprint density at radius 1 is 1.33 bits per heavy atom. The molecule has 118 valence electrons. The standard InChI is InChI=1S/C15H25N3O3/c1-15(2,3)16-8-7-13(19)17-12-5-6-14(20)18(11-12)9-10-21-4/h5-6,11,16H,7-10H2,1-4H3,(H,17,19). The Morgan fingerprint density at radius 3 is 2.67 bits per heavy atom. The van der Waals surface area contributed by atoms with Crippen LogP contribution in [-0.4, -0.2) is 36.3 Å². The molecule has 6 nitrogen and oxygen atoms in total. The Balaban J connectivity index is 2.54. The third-order valence-electron chi connectivity index (χ3n) is 2.81. The maximum absolute atomic E-state index is 11.8. The lowest BCUT2D eigenvalue weighted by Crippen LogP contribution is -2.37. The molecule has 0 atom stereocenters. The third-order valence-corrected chi connectivity index (χ3v) is 2.81. The highest BCUT2D eigenvalue weighted by atomic mass is 16.5. The zero-order chi connectivity index (χ0) is 15.9. The van der Waals surface area contributed by atoms with Crippen LogP contribution >= 0.6 is 0 Å². The van der Waals surface area contributed by atoms with Crippen LogP contribution in [-0.2, 0) is 16.1 Å². The molecule has 1 aromatic heterocycles. The highest BCUT2D eigenvalue weighted by Crippen LogP contribution is 2.04. The molecule has 0 radical (unpaired) electrons. The second-order valence-electron chi connectivity index (χ2n) is 5.92. The smallest absolute Gasteiger partial charge is 0.250 e. The Morgan fingerprint density at radius 2 is 2.05 bits per heavy atom. The molecule has 0 bridgehead atoms. The summed E-state index contributed by atoms with van der Waals surface area (Å²) in [6, 6.07) is 3.05. The zero-order valence-corrected chi connectivity index (χ0v) is 13.2. The van der Waals surface area contributed by atoms with Crippen molar-refractivity contribution in [3.8, 4) is 0 Å². The molecule has 0 saturated carbocycles. The summed E-state index contributed by atoms with van der Waals surface area (Å²) in [5, 5.41) is 6.05. The largest absolute Gasteiger partial charge is 0.383 e. The molecule has 1 heterocycles. The van der Waals surface area contributed by atoms with Crippen molar-refractivity contribution in [1.82, 2.24) is 9.88 Å². The fourth-order valence-electron chi connectivity index (χ4n) is 1.74. The van der Waals surface area contributed by atoms with Gasteiger partial charge in [-0.15, -0.1) is 0 Å². The minimum atomic E-state index is -0.112. The minimum Gasteiger partial charge on any atom is -0.383 e. The van der Waals surface area contributed by atoms with E-state index in [0.717, 1.165) is 0 Å². The normalized spacial score (nSPS) is 11.4. The fourth-order valence-corrected chi connectivity index (χ4v) is 1.74. The van der Waals surface area contributed by atoms with E-state index in [-0.39, 0.29) is 17.0 Å². The second-order valence-corrected chi connectivity index (χ2v) is 5.92. The Labute approximate surface area is 125 Å². The fraction of sp³-hybridized carbons (Fsp3) is 0.600. The molecule has 1 rings (SSSR count). The summed E-state index contributed by atoms with van der Waals surface area (Å²) >= 11 is 0. The summed E-state index contributed by atoms with van der Waals surface area (Å²) < 4.78 is 6.47. The van der Waals surface area contributed by atoms with Crippen LogP contribution in [0.25, 0.3) is 0 Å². The number of ether oxygens (including phenoxy) is 1. The van der Waals surface area contributed by atoms with Gasteiger partial charge in [0.25, 0.3) is 5.56 Å². The van der Waals surface area contributed by atoms with E-state index < -0.39 is 0 Å². The predicted molar refractivity (Wildman–Crippen MR) is 83.6 cm³/mol. The van der Waals surface area contributed by atoms with Gasteiger partial charge in [-0.3, -0.25) is 9.59 Å². The average molecular weight is 295 g/mol. The topological polar surface area (TPSA) is 72.4 Å². The van der Waals surface area contributed by atoms with E-state index in [4.69, 9.17) is 4.74 Å². The number of methoxy groups -OCH3 is 1. The number of aromatic nitrogens is 1. The maximum atomic E-state index is 11.8. The quantitative estimate of drug-likeness (QED) is 0.793. The highest BCUT2D eigenvalue weighted by Gasteiger charge is 2.10. The molecule has 1 aromatic rings. The number of pyridine rings is 1. The number of hydrogen-bond acceptors (Lipinski definition) is 4. The highest BCUT2D eigenvalue weighted by molar-refractivity contribution is 5.90. The maximum Gasteiger partial charge on any atom is 0.250 e. The lowest BCUT2D eigenvalue weighted by atomic mass is 10.1. The van der Waals surface area contributed by atoms with Crippen LogP contribution in [0.1, 0.15) is 27.2 Å². The molecule has 21 heavy (non-hydrogen) atoms. The Hall–Kier alpha value is -1.66. The van der Waals surface area contributed by atoms with E-state index in [2.05, 4.69) is 31.4 Å². The van der Waals surface area contributed by atoms with Gasteiger partial charge in [-0.25, -0.2) is 0 Å². The number of hydrogen-bond donors (Lipinski definition) is 2. The first-order chi connectivity index (χ1) is 9.81. The predicted octanol–water partition coefficient (Wildman–Crippen LogP) is 1.21. The molecule has 0 aromatic carbocycles. The summed E-state index contributed by atoms with van der Waals surface area (Å²) in [7, 11) is 1.58. The van der Waals surface area contributed by atoms with Gasteiger partial charge in [0.15, 0.2) is 0 Å². The monoisotopic (exact) mass is 295 g/mol. The Kier molecular flexibility index (Phi) is 6.58. The van der Waals surface area contributed by atoms with Crippen molar-refractivity contribution >= 4 is 11.6 Å². The number of anilines is 1. The Bertz CT molecular complexity index is 518. The average Bonchev–Trinajstić information content (AvgIpc) is 2.38. The van der Waals surface area contributed by atoms with E-state index >= 15 is 0 Å². The van der Waals surface area contributed by atoms with Gasteiger partial charge in [-0.05, 0) is 26.8 Å². The molecule has 0 unspecified atom stereocenters. The number of nitrogens with zero attached hydrogens (tertiary/aromatic N) is 1. The summed E-state index contributed by atoms with van der Waals surface area (Å²) in [6.07, 6.45) is 2.02. The van der Waals surface area contributed by atoms with Crippen molar-refractivity contribution in [2.75, 3.05) is 25.6 Å². The van der Waals surface area contributed by atoms with Crippen molar-refractivity contribution in [1.29, 1.82) is 0 Å². The minimum absolute atomic E-state index is 0.00629. The van der Waals surface area contributed by atoms with Crippen LogP contribution in [0.15, 0.2) is 23.1 Å². The van der Waals surface area contributed by atoms with Crippen molar-refractivity contribution < 1.29 is 9.53 Å². The van der Waals surface area contributed by atoms with Crippen LogP contribution in [0.3, 0.4) is 0 Å². The van der Waals surface area contributed by atoms with Crippen LogP contribution in [0.4, 0.5) is 5.69 Å². The molecule has 6 heteroatoms. The molecule has 0 fully saturated rings. The summed E-state index contributed by atoms with van der Waals surface area (Å²) in [5.74, 6) is -0.0799. The van der Waals surface area contributed by atoms with Gasteiger partial charge >= 0.3 is 0 Å². The van der Waals surface area contributed by atoms with Gasteiger partial charge in [0, 0.05) is 44.4 Å². The van der Waals surface area contributed by atoms with E-state index in [9.17, 15) is 9.59 Å². The first-order valence-corrected chi connectivity index (χ1v) is 7.06. The molecule has 2 N–H and O–H groups in total. The second kappa shape index (κ2) is 7.95. The van der Waals surface area contributed by atoms with Gasteiger partial charge in [-0.2, -0.15) is 0 Å². The van der Waals surface area contributed by atoms with Crippen LogP contribution in [0, 0.1) is 0 Å². The zero-order valence-electron chi connectivity index (χ0n) is 13.2. The van der Waals surface area contributed by atoms with Gasteiger partial charge in [0.2, 0.25) is 5.91 Å². The molecular formula is C15H25N3O3. The van der Waals surface area contributed by atoms with Crippen molar-refractivity contribution in [3.63, 3.8) is 0 Å². The van der Waals surface area contributed by atoms with E-state index in [0.29, 0.717) is 31.8 Å². The SMILES string of the molecule is COCCn1cc(NC(=O)CCNC(C)(C)C)ccc1=O. The lowest BCUT2D eigenvalue weighted by Gasteiger charge is -2.20. The van der Waals surface area contributed by atoms with Crippen molar-refractivity contribution in [3.05, 3.63) is 28.7 Å². The van der Waals surface area contributed by atoms with Crippen LogP contribution in [0.2, 0.25) is 0 Å². The van der Waals surface area contributed by atoms with Crippen molar-refractivity contribution in [2.24, 2.45) is 0 Å². The first-order valence-electron chi connectivity index (χ1n) is 7.06. The number of rotatable bonds is 7. The molecule has 1 amide bonds. The van der Waals surface area contributed by atoms with E-state index in [1.807, 2.05) is 0 Å². The summed E-state index contributed by atoms with van der Waals surface area (Å²) in [5.41, 5.74) is 0.499. The van der Waals surface area contributed by atoms with Gasteiger partial charge in [0.1, 0.15) is 0 Å². The number of carbonyl (C=O) groups excluding carboxylic acids is 1.